The molecule has 0 atom stereocenters. The summed E-state index contributed by atoms with van der Waals surface area (Å²) in [5, 5.41) is 0. The van der Waals surface area contributed by atoms with Crippen LogP contribution in [-0.4, -0.2) is 56.3 Å². The Bertz CT molecular complexity index is 885. The normalized spacial score (nSPS) is 15.6. The molecule has 2 aromatic carbocycles. The number of carbonyl (C=O) groups excluding carboxylic acids is 1. The lowest BCUT2D eigenvalue weighted by Gasteiger charge is -2.34. The summed E-state index contributed by atoms with van der Waals surface area (Å²) in [7, 11) is -3.53. The number of rotatable bonds is 5. The third kappa shape index (κ3) is 4.31. The summed E-state index contributed by atoms with van der Waals surface area (Å²) in [6.45, 7) is 5.72. The molecule has 6 nitrogen and oxygen atoms in total. The maximum absolute atomic E-state index is 12.8. The van der Waals surface area contributed by atoms with Gasteiger partial charge in [-0.05, 0) is 50.2 Å². The molecule has 0 N–H and O–H groups in total. The Morgan fingerprint density at radius 3 is 2.11 bits per heavy atom. The maximum atomic E-state index is 12.8. The molecule has 27 heavy (non-hydrogen) atoms. The van der Waals surface area contributed by atoms with Crippen LogP contribution in [0.4, 0.5) is 0 Å². The van der Waals surface area contributed by atoms with E-state index >= 15 is 0 Å². The van der Waals surface area contributed by atoms with Gasteiger partial charge in [0.15, 0.2) is 0 Å². The van der Waals surface area contributed by atoms with Crippen molar-refractivity contribution in [3.63, 3.8) is 0 Å². The van der Waals surface area contributed by atoms with Crippen LogP contribution in [0, 0.1) is 6.92 Å². The molecule has 0 unspecified atom stereocenters. The zero-order valence-electron chi connectivity index (χ0n) is 15.6. The molecular formula is C20H24N2O4S. The largest absolute Gasteiger partial charge is 0.494 e. The first-order valence-corrected chi connectivity index (χ1v) is 10.4. The number of hydrogen-bond acceptors (Lipinski definition) is 4. The summed E-state index contributed by atoms with van der Waals surface area (Å²) in [5.74, 6) is 0.633. The average molecular weight is 388 g/mol. The van der Waals surface area contributed by atoms with Gasteiger partial charge in [0, 0.05) is 31.7 Å². The lowest BCUT2D eigenvalue weighted by Crippen LogP contribution is -2.50. The van der Waals surface area contributed by atoms with Crippen LogP contribution >= 0.6 is 0 Å². The topological polar surface area (TPSA) is 66.9 Å². The second-order valence-electron chi connectivity index (χ2n) is 6.47. The quantitative estimate of drug-likeness (QED) is 0.789. The van der Waals surface area contributed by atoms with E-state index in [9.17, 15) is 13.2 Å². The smallest absolute Gasteiger partial charge is 0.253 e. The van der Waals surface area contributed by atoms with Crippen LogP contribution in [0.2, 0.25) is 0 Å². The van der Waals surface area contributed by atoms with E-state index in [1.165, 1.54) is 4.31 Å². The molecule has 7 heteroatoms. The number of amides is 1. The molecule has 0 aromatic heterocycles. The van der Waals surface area contributed by atoms with Crippen LogP contribution in [0.3, 0.4) is 0 Å². The van der Waals surface area contributed by atoms with Gasteiger partial charge in [0.2, 0.25) is 10.0 Å². The Hall–Kier alpha value is -2.38. The average Bonchev–Trinajstić information content (AvgIpc) is 2.69. The number of sulfonamides is 1. The number of hydrogen-bond donors (Lipinski definition) is 0. The van der Waals surface area contributed by atoms with Gasteiger partial charge in [-0.25, -0.2) is 8.42 Å². The molecule has 1 saturated heterocycles. The summed E-state index contributed by atoms with van der Waals surface area (Å²) in [6.07, 6.45) is 0. The van der Waals surface area contributed by atoms with Gasteiger partial charge in [-0.2, -0.15) is 4.31 Å². The lowest BCUT2D eigenvalue weighted by molar-refractivity contribution is 0.0698. The Balaban J connectivity index is 1.64. The van der Waals surface area contributed by atoms with Gasteiger partial charge >= 0.3 is 0 Å². The molecule has 1 heterocycles. The van der Waals surface area contributed by atoms with E-state index < -0.39 is 10.0 Å². The molecule has 1 aliphatic heterocycles. The molecule has 0 aliphatic carbocycles. The fourth-order valence-corrected chi connectivity index (χ4v) is 4.46. The van der Waals surface area contributed by atoms with Crippen molar-refractivity contribution in [2.45, 2.75) is 18.7 Å². The zero-order chi connectivity index (χ0) is 19.4. The Morgan fingerprint density at radius 2 is 1.56 bits per heavy atom. The standard InChI is InChI=1S/C20H24N2O4S/c1-3-26-18-8-6-17(7-9-18)20(23)21-12-14-22(15-13-21)27(24,25)19-10-4-16(2)5-11-19/h4-11H,3,12-15H2,1-2H3. The van der Waals surface area contributed by atoms with Crippen molar-refractivity contribution in [2.75, 3.05) is 32.8 Å². The minimum Gasteiger partial charge on any atom is -0.494 e. The van der Waals surface area contributed by atoms with Crippen molar-refractivity contribution in [3.05, 3.63) is 59.7 Å². The van der Waals surface area contributed by atoms with Crippen LogP contribution in [0.5, 0.6) is 5.75 Å². The van der Waals surface area contributed by atoms with Gasteiger partial charge in [-0.15, -0.1) is 0 Å². The van der Waals surface area contributed by atoms with E-state index in [1.807, 2.05) is 13.8 Å². The van der Waals surface area contributed by atoms with Gasteiger partial charge in [-0.3, -0.25) is 4.79 Å². The number of ether oxygens (including phenoxy) is 1. The summed E-state index contributed by atoms with van der Waals surface area (Å²) in [5.41, 5.74) is 1.59. The molecular weight excluding hydrogens is 364 g/mol. The van der Waals surface area contributed by atoms with E-state index in [1.54, 1.807) is 53.4 Å². The third-order valence-electron chi connectivity index (χ3n) is 4.60. The highest BCUT2D eigenvalue weighted by Gasteiger charge is 2.30. The van der Waals surface area contributed by atoms with Crippen LogP contribution in [0.15, 0.2) is 53.4 Å². The van der Waals surface area contributed by atoms with E-state index in [0.29, 0.717) is 43.2 Å². The maximum Gasteiger partial charge on any atom is 0.253 e. The fourth-order valence-electron chi connectivity index (χ4n) is 3.03. The van der Waals surface area contributed by atoms with Gasteiger partial charge < -0.3 is 9.64 Å². The molecule has 3 rings (SSSR count). The SMILES string of the molecule is CCOc1ccc(C(=O)N2CCN(S(=O)(=O)c3ccc(C)cc3)CC2)cc1. The molecule has 0 saturated carbocycles. The number of benzene rings is 2. The van der Waals surface area contributed by atoms with E-state index in [-0.39, 0.29) is 5.91 Å². The van der Waals surface area contributed by atoms with Crippen molar-refractivity contribution in [2.24, 2.45) is 0 Å². The van der Waals surface area contributed by atoms with E-state index in [4.69, 9.17) is 4.74 Å². The summed E-state index contributed by atoms with van der Waals surface area (Å²) < 4.78 is 32.3. The highest BCUT2D eigenvalue weighted by atomic mass is 32.2. The molecule has 1 aliphatic rings. The second-order valence-corrected chi connectivity index (χ2v) is 8.40. The van der Waals surface area contributed by atoms with Crippen LogP contribution in [0.25, 0.3) is 0 Å². The van der Waals surface area contributed by atoms with Crippen molar-refractivity contribution >= 4 is 15.9 Å². The highest BCUT2D eigenvalue weighted by Crippen LogP contribution is 2.20. The van der Waals surface area contributed by atoms with Crippen LogP contribution in [-0.2, 0) is 10.0 Å². The molecule has 0 radical (unpaired) electrons. The molecule has 144 valence electrons. The monoisotopic (exact) mass is 388 g/mol. The van der Waals surface area contributed by atoms with Gasteiger partial charge in [0.1, 0.15) is 5.75 Å². The van der Waals surface area contributed by atoms with E-state index in [2.05, 4.69) is 0 Å². The Morgan fingerprint density at radius 1 is 0.963 bits per heavy atom. The molecule has 0 spiro atoms. The summed E-state index contributed by atoms with van der Waals surface area (Å²) in [6, 6.07) is 13.9. The third-order valence-corrected chi connectivity index (χ3v) is 6.51. The van der Waals surface area contributed by atoms with Gasteiger partial charge in [-0.1, -0.05) is 17.7 Å². The van der Waals surface area contributed by atoms with Crippen LogP contribution in [0.1, 0.15) is 22.8 Å². The predicted octanol–water partition coefficient (Wildman–Crippen LogP) is 2.54. The minimum absolute atomic E-state index is 0.0922. The molecule has 2 aromatic rings. The Kier molecular flexibility index (Phi) is 5.82. The second kappa shape index (κ2) is 8.10. The number of nitrogens with zero attached hydrogens (tertiary/aromatic N) is 2. The Labute approximate surface area is 160 Å². The van der Waals surface area contributed by atoms with E-state index in [0.717, 1.165) is 11.3 Å². The summed E-state index contributed by atoms with van der Waals surface area (Å²) >= 11 is 0. The zero-order valence-corrected chi connectivity index (χ0v) is 16.4. The number of aryl methyl sites for hydroxylation is 1. The summed E-state index contributed by atoms with van der Waals surface area (Å²) in [4.78, 5) is 14.6. The van der Waals surface area contributed by atoms with Crippen LogP contribution < -0.4 is 4.74 Å². The first-order chi connectivity index (χ1) is 12.9. The first-order valence-electron chi connectivity index (χ1n) is 9.01. The molecule has 0 bridgehead atoms. The van der Waals surface area contributed by atoms with Gasteiger partial charge in [0.25, 0.3) is 5.91 Å². The molecule has 1 amide bonds. The fraction of sp³-hybridized carbons (Fsp3) is 0.350. The van der Waals surface area contributed by atoms with Crippen molar-refractivity contribution < 1.29 is 17.9 Å². The van der Waals surface area contributed by atoms with Gasteiger partial charge in [0.05, 0.1) is 11.5 Å². The first kappa shape index (κ1) is 19.4. The molecule has 1 fully saturated rings. The predicted molar refractivity (Wildman–Crippen MR) is 103 cm³/mol. The number of piperazine rings is 1. The van der Waals surface area contributed by atoms with Crippen molar-refractivity contribution in [1.29, 1.82) is 0 Å². The highest BCUT2D eigenvalue weighted by molar-refractivity contribution is 7.89. The van der Waals surface area contributed by atoms with Crippen molar-refractivity contribution in [3.8, 4) is 5.75 Å². The number of carbonyl (C=O) groups is 1. The minimum atomic E-state index is -3.53. The lowest BCUT2D eigenvalue weighted by atomic mass is 10.2. The van der Waals surface area contributed by atoms with Crippen molar-refractivity contribution in [1.82, 2.24) is 9.21 Å².